The van der Waals surface area contributed by atoms with Gasteiger partial charge in [0.2, 0.25) is 0 Å². The summed E-state index contributed by atoms with van der Waals surface area (Å²) in [5, 5.41) is 0.356. The Morgan fingerprint density at radius 1 is 1.04 bits per heavy atom. The quantitative estimate of drug-likeness (QED) is 0.495. The molecular weight excluding hydrogens is 331 g/mol. The van der Waals surface area contributed by atoms with Crippen LogP contribution in [0.25, 0.3) is 5.57 Å². The van der Waals surface area contributed by atoms with Gasteiger partial charge >= 0.3 is 0 Å². The first-order valence-corrected chi connectivity index (χ1v) is 10.7. The normalized spacial score (nSPS) is 27.2. The van der Waals surface area contributed by atoms with E-state index in [2.05, 4.69) is 26.0 Å². The van der Waals surface area contributed by atoms with Crippen molar-refractivity contribution in [3.8, 4) is 0 Å². The zero-order valence-electron chi connectivity index (χ0n) is 15.8. The highest BCUT2D eigenvalue weighted by Crippen LogP contribution is 2.42. The topological polar surface area (TPSA) is 0 Å². The molecule has 0 aromatic heterocycles. The standard InChI is InChI=1S/C23H32ClF/c1-3-5-17-8-12-19(13-9-17)21-15-14-20(22(24)23(21)25)18-10-6-16(4-2)7-11-18/h10,14-17,19H,3-9,11-13H2,1-2H3. The smallest absolute Gasteiger partial charge is 0.145 e. The van der Waals surface area contributed by atoms with E-state index in [9.17, 15) is 0 Å². The summed E-state index contributed by atoms with van der Waals surface area (Å²) < 4.78 is 15.0. The second kappa shape index (κ2) is 8.71. The van der Waals surface area contributed by atoms with Crippen molar-refractivity contribution in [1.82, 2.24) is 0 Å². The molecule has 0 radical (unpaired) electrons. The lowest BCUT2D eigenvalue weighted by Gasteiger charge is -2.29. The minimum absolute atomic E-state index is 0.156. The third-order valence-electron chi connectivity index (χ3n) is 6.54. The molecule has 1 saturated carbocycles. The summed E-state index contributed by atoms with van der Waals surface area (Å²) in [6.07, 6.45) is 14.1. The fourth-order valence-corrected chi connectivity index (χ4v) is 5.10. The molecular formula is C23H32ClF. The highest BCUT2D eigenvalue weighted by Gasteiger charge is 2.26. The van der Waals surface area contributed by atoms with E-state index in [1.54, 1.807) is 0 Å². The summed E-state index contributed by atoms with van der Waals surface area (Å²) in [4.78, 5) is 0. The number of rotatable bonds is 5. The molecule has 0 nitrogen and oxygen atoms in total. The maximum atomic E-state index is 15.0. The lowest BCUT2D eigenvalue weighted by molar-refractivity contribution is 0.304. The second-order valence-electron chi connectivity index (χ2n) is 8.11. The summed E-state index contributed by atoms with van der Waals surface area (Å²) in [5.41, 5.74) is 3.02. The van der Waals surface area contributed by atoms with Crippen molar-refractivity contribution in [3.05, 3.63) is 40.2 Å². The van der Waals surface area contributed by atoms with Crippen molar-refractivity contribution in [2.75, 3.05) is 0 Å². The molecule has 0 saturated heterocycles. The molecule has 2 aliphatic carbocycles. The van der Waals surface area contributed by atoms with Crippen LogP contribution < -0.4 is 0 Å². The number of allylic oxidation sites excluding steroid dienone is 2. The van der Waals surface area contributed by atoms with E-state index in [1.807, 2.05) is 6.07 Å². The van der Waals surface area contributed by atoms with Crippen LogP contribution in [-0.2, 0) is 0 Å². The van der Waals surface area contributed by atoms with Crippen molar-refractivity contribution < 1.29 is 4.39 Å². The largest absolute Gasteiger partial charge is 0.205 e. The summed E-state index contributed by atoms with van der Waals surface area (Å²) in [5.74, 6) is 1.82. The Morgan fingerprint density at radius 2 is 1.80 bits per heavy atom. The van der Waals surface area contributed by atoms with Gasteiger partial charge in [0.15, 0.2) is 0 Å². The van der Waals surface area contributed by atoms with Crippen LogP contribution in [-0.4, -0.2) is 0 Å². The Labute approximate surface area is 157 Å². The van der Waals surface area contributed by atoms with E-state index in [0.717, 1.165) is 48.6 Å². The third kappa shape index (κ3) is 4.30. The minimum atomic E-state index is -0.156. The molecule has 0 amide bonds. The molecule has 25 heavy (non-hydrogen) atoms. The van der Waals surface area contributed by atoms with Gasteiger partial charge in [0.05, 0.1) is 5.02 Å². The average molecular weight is 363 g/mol. The first kappa shape index (κ1) is 19.0. The van der Waals surface area contributed by atoms with E-state index < -0.39 is 0 Å². The van der Waals surface area contributed by atoms with Gasteiger partial charge in [0.1, 0.15) is 5.82 Å². The Hall–Kier alpha value is -0.820. The lowest BCUT2D eigenvalue weighted by atomic mass is 9.76. The number of benzene rings is 1. The molecule has 2 heteroatoms. The molecule has 0 bridgehead atoms. The van der Waals surface area contributed by atoms with Crippen LogP contribution in [0.1, 0.15) is 95.1 Å². The van der Waals surface area contributed by atoms with Crippen LogP contribution in [0.5, 0.6) is 0 Å². The maximum Gasteiger partial charge on any atom is 0.145 e. The van der Waals surface area contributed by atoms with Crippen molar-refractivity contribution in [2.45, 2.75) is 84.0 Å². The van der Waals surface area contributed by atoms with Gasteiger partial charge in [0, 0.05) is 0 Å². The number of halogens is 2. The molecule has 1 aromatic rings. The highest BCUT2D eigenvalue weighted by atomic mass is 35.5. The predicted molar refractivity (Wildman–Crippen MR) is 107 cm³/mol. The zero-order chi connectivity index (χ0) is 17.8. The molecule has 2 aliphatic rings. The molecule has 138 valence electrons. The van der Waals surface area contributed by atoms with Gasteiger partial charge in [-0.2, -0.15) is 0 Å². The van der Waals surface area contributed by atoms with E-state index in [1.165, 1.54) is 44.1 Å². The molecule has 0 N–H and O–H groups in total. The van der Waals surface area contributed by atoms with Gasteiger partial charge in [-0.15, -0.1) is 0 Å². The average Bonchev–Trinajstić information content (AvgIpc) is 2.65. The SMILES string of the molecule is CCCC1CCC(c2ccc(C3=CCC(CC)CC3)c(Cl)c2F)CC1. The molecule has 1 aromatic carbocycles. The minimum Gasteiger partial charge on any atom is -0.205 e. The molecule has 0 aliphatic heterocycles. The summed E-state index contributed by atoms with van der Waals surface area (Å²) >= 11 is 6.48. The first-order valence-electron chi connectivity index (χ1n) is 10.3. The van der Waals surface area contributed by atoms with Crippen LogP contribution in [0.3, 0.4) is 0 Å². The Kier molecular flexibility index (Phi) is 6.61. The van der Waals surface area contributed by atoms with E-state index >= 15 is 4.39 Å². The molecule has 1 unspecified atom stereocenters. The van der Waals surface area contributed by atoms with Crippen molar-refractivity contribution in [2.24, 2.45) is 11.8 Å². The summed E-state index contributed by atoms with van der Waals surface area (Å²) in [6.45, 7) is 4.51. The lowest BCUT2D eigenvalue weighted by Crippen LogP contribution is -2.14. The van der Waals surface area contributed by atoms with Crippen LogP contribution in [0.2, 0.25) is 5.02 Å². The molecule has 0 heterocycles. The fraction of sp³-hybridized carbons (Fsp3) is 0.652. The fourth-order valence-electron chi connectivity index (χ4n) is 4.80. The molecule has 0 spiro atoms. The van der Waals surface area contributed by atoms with Crippen LogP contribution in [0.4, 0.5) is 4.39 Å². The Balaban J connectivity index is 1.74. The van der Waals surface area contributed by atoms with Gasteiger partial charge in [0.25, 0.3) is 0 Å². The number of hydrogen-bond acceptors (Lipinski definition) is 0. The van der Waals surface area contributed by atoms with E-state index in [-0.39, 0.29) is 5.82 Å². The summed E-state index contributed by atoms with van der Waals surface area (Å²) in [6, 6.07) is 4.10. The molecule has 3 rings (SSSR count). The van der Waals surface area contributed by atoms with Gasteiger partial charge in [-0.25, -0.2) is 4.39 Å². The second-order valence-corrected chi connectivity index (χ2v) is 8.49. The Morgan fingerprint density at radius 3 is 2.40 bits per heavy atom. The monoisotopic (exact) mass is 362 g/mol. The van der Waals surface area contributed by atoms with E-state index in [4.69, 9.17) is 11.6 Å². The van der Waals surface area contributed by atoms with E-state index in [0.29, 0.717) is 10.9 Å². The van der Waals surface area contributed by atoms with Gasteiger partial charge in [-0.1, -0.05) is 62.9 Å². The van der Waals surface area contributed by atoms with Crippen LogP contribution in [0, 0.1) is 17.7 Å². The first-order chi connectivity index (χ1) is 12.1. The maximum absolute atomic E-state index is 15.0. The van der Waals surface area contributed by atoms with Crippen molar-refractivity contribution >= 4 is 17.2 Å². The van der Waals surface area contributed by atoms with Crippen LogP contribution in [0.15, 0.2) is 18.2 Å². The molecule has 1 fully saturated rings. The van der Waals surface area contributed by atoms with Crippen molar-refractivity contribution in [3.63, 3.8) is 0 Å². The number of hydrogen-bond donors (Lipinski definition) is 0. The van der Waals surface area contributed by atoms with Crippen molar-refractivity contribution in [1.29, 1.82) is 0 Å². The predicted octanol–water partition coefficient (Wildman–Crippen LogP) is 8.15. The summed E-state index contributed by atoms with van der Waals surface area (Å²) in [7, 11) is 0. The van der Waals surface area contributed by atoms with Gasteiger partial charge < -0.3 is 0 Å². The zero-order valence-corrected chi connectivity index (χ0v) is 16.5. The van der Waals surface area contributed by atoms with Crippen LogP contribution >= 0.6 is 11.6 Å². The van der Waals surface area contributed by atoms with Gasteiger partial charge in [-0.3, -0.25) is 0 Å². The molecule has 1 atom stereocenters. The van der Waals surface area contributed by atoms with Gasteiger partial charge in [-0.05, 0) is 79.4 Å². The highest BCUT2D eigenvalue weighted by molar-refractivity contribution is 6.32. The third-order valence-corrected chi connectivity index (χ3v) is 6.91. The Bertz CT molecular complexity index is 611.